The molecule has 0 radical (unpaired) electrons. The standard InChI is InChI=1S/C29H32N4O2/c34-28(19-9-2-1-3-10-19)32-24-14-7-5-12-21(24)29(35)33-18-16-22-26(25-15-8-17-30-25)31-23-13-6-4-11-20(23)27(22)33/h1-4,6,8-11,13,15,17,21-22,24,26-27,30-31H,5,7,12,14,16,18H2,(H,32,34)/t21-,22-,24+,26+,27-/m0/s1. The molecule has 0 unspecified atom stereocenters. The first-order valence-electron chi connectivity index (χ1n) is 12.9. The molecule has 1 aliphatic carbocycles. The minimum absolute atomic E-state index is 0.0423. The van der Waals surface area contributed by atoms with Crippen molar-refractivity contribution in [2.45, 2.75) is 50.2 Å². The van der Waals surface area contributed by atoms with Crippen LogP contribution in [0.4, 0.5) is 5.69 Å². The first-order valence-corrected chi connectivity index (χ1v) is 12.9. The molecule has 35 heavy (non-hydrogen) atoms. The summed E-state index contributed by atoms with van der Waals surface area (Å²) in [6.07, 6.45) is 6.66. The van der Waals surface area contributed by atoms with E-state index in [2.05, 4.69) is 50.8 Å². The minimum Gasteiger partial charge on any atom is -0.376 e. The number of aromatic nitrogens is 1. The highest BCUT2D eigenvalue weighted by atomic mass is 16.2. The Balaban J connectivity index is 1.27. The van der Waals surface area contributed by atoms with Crippen molar-refractivity contribution in [3.05, 3.63) is 89.7 Å². The van der Waals surface area contributed by atoms with Crippen molar-refractivity contribution < 1.29 is 9.59 Å². The number of aromatic amines is 1. The highest BCUT2D eigenvalue weighted by molar-refractivity contribution is 5.94. The van der Waals surface area contributed by atoms with Crippen molar-refractivity contribution in [3.63, 3.8) is 0 Å². The van der Waals surface area contributed by atoms with Crippen LogP contribution in [-0.4, -0.2) is 34.3 Å². The monoisotopic (exact) mass is 468 g/mol. The lowest BCUT2D eigenvalue weighted by atomic mass is 9.80. The number of hydrogen-bond donors (Lipinski definition) is 3. The van der Waals surface area contributed by atoms with Gasteiger partial charge >= 0.3 is 0 Å². The average Bonchev–Trinajstić information content (AvgIpc) is 3.60. The number of amides is 2. The Labute approximate surface area is 206 Å². The number of fused-ring (bicyclic) bond motifs is 3. The highest BCUT2D eigenvalue weighted by Crippen LogP contribution is 2.51. The van der Waals surface area contributed by atoms with Crippen molar-refractivity contribution in [3.8, 4) is 0 Å². The molecule has 3 aliphatic rings. The topological polar surface area (TPSA) is 77.2 Å². The van der Waals surface area contributed by atoms with Crippen molar-refractivity contribution in [2.24, 2.45) is 11.8 Å². The van der Waals surface area contributed by atoms with E-state index in [1.54, 1.807) is 0 Å². The van der Waals surface area contributed by atoms with Crippen LogP contribution in [0.25, 0.3) is 0 Å². The number of likely N-dealkylation sites (tertiary alicyclic amines) is 1. The third kappa shape index (κ3) is 4.01. The number of para-hydroxylation sites is 1. The molecule has 2 fully saturated rings. The second-order valence-corrected chi connectivity index (χ2v) is 10.1. The molecule has 1 saturated carbocycles. The lowest BCUT2D eigenvalue weighted by Gasteiger charge is -2.41. The molecule has 1 saturated heterocycles. The van der Waals surface area contributed by atoms with Gasteiger partial charge in [-0.3, -0.25) is 9.59 Å². The maximum absolute atomic E-state index is 14.1. The molecule has 2 amide bonds. The molecule has 5 atom stereocenters. The Hall–Kier alpha value is -3.54. The Bertz CT molecular complexity index is 1190. The maximum atomic E-state index is 14.1. The number of H-pyrrole nitrogens is 1. The molecule has 3 heterocycles. The predicted molar refractivity (Wildman–Crippen MR) is 136 cm³/mol. The van der Waals surface area contributed by atoms with Crippen LogP contribution in [0.5, 0.6) is 0 Å². The van der Waals surface area contributed by atoms with Gasteiger partial charge in [0, 0.05) is 41.6 Å². The van der Waals surface area contributed by atoms with Gasteiger partial charge in [0.15, 0.2) is 0 Å². The number of anilines is 1. The Kier molecular flexibility index (Phi) is 5.80. The third-order valence-electron chi connectivity index (χ3n) is 8.14. The molecule has 180 valence electrons. The Morgan fingerprint density at radius 2 is 1.69 bits per heavy atom. The van der Waals surface area contributed by atoms with Crippen LogP contribution in [0.1, 0.15) is 65.8 Å². The van der Waals surface area contributed by atoms with E-state index in [9.17, 15) is 9.59 Å². The second-order valence-electron chi connectivity index (χ2n) is 10.1. The molecule has 2 aliphatic heterocycles. The first-order chi connectivity index (χ1) is 17.2. The van der Waals surface area contributed by atoms with Crippen LogP contribution in [-0.2, 0) is 4.79 Å². The minimum atomic E-state index is -0.179. The van der Waals surface area contributed by atoms with Crippen LogP contribution in [0.3, 0.4) is 0 Å². The normalized spacial score (nSPS) is 27.4. The molecule has 6 rings (SSSR count). The lowest BCUT2D eigenvalue weighted by Crippen LogP contribution is -2.50. The van der Waals surface area contributed by atoms with Gasteiger partial charge in [-0.1, -0.05) is 49.2 Å². The van der Waals surface area contributed by atoms with Crippen LogP contribution in [0, 0.1) is 11.8 Å². The van der Waals surface area contributed by atoms with Crippen molar-refractivity contribution in [1.82, 2.24) is 15.2 Å². The van der Waals surface area contributed by atoms with E-state index in [0.717, 1.165) is 50.0 Å². The molecular weight excluding hydrogens is 436 g/mol. The van der Waals surface area contributed by atoms with Gasteiger partial charge in [0.1, 0.15) is 0 Å². The van der Waals surface area contributed by atoms with Crippen molar-refractivity contribution in [1.29, 1.82) is 0 Å². The van der Waals surface area contributed by atoms with E-state index in [1.165, 1.54) is 5.56 Å². The summed E-state index contributed by atoms with van der Waals surface area (Å²) in [7, 11) is 0. The number of carbonyl (C=O) groups is 2. The fourth-order valence-electron chi connectivity index (χ4n) is 6.47. The van der Waals surface area contributed by atoms with Crippen LogP contribution in [0.2, 0.25) is 0 Å². The number of rotatable bonds is 4. The third-order valence-corrected chi connectivity index (χ3v) is 8.14. The summed E-state index contributed by atoms with van der Waals surface area (Å²) < 4.78 is 0. The zero-order chi connectivity index (χ0) is 23.8. The molecule has 6 heteroatoms. The molecule has 0 spiro atoms. The van der Waals surface area contributed by atoms with Gasteiger partial charge in [0.25, 0.3) is 5.91 Å². The molecule has 2 aromatic carbocycles. The van der Waals surface area contributed by atoms with Crippen LogP contribution >= 0.6 is 0 Å². The summed E-state index contributed by atoms with van der Waals surface area (Å²) in [5.74, 6) is 0.223. The van der Waals surface area contributed by atoms with Gasteiger partial charge in [-0.25, -0.2) is 0 Å². The number of carbonyl (C=O) groups excluding carboxylic acids is 2. The first kappa shape index (κ1) is 22.0. The summed E-state index contributed by atoms with van der Waals surface area (Å²) in [5.41, 5.74) is 4.11. The Morgan fingerprint density at radius 1 is 0.886 bits per heavy atom. The summed E-state index contributed by atoms with van der Waals surface area (Å²) in [4.78, 5) is 32.6. The summed E-state index contributed by atoms with van der Waals surface area (Å²) in [6.45, 7) is 0.747. The average molecular weight is 469 g/mol. The van der Waals surface area contributed by atoms with Gasteiger partial charge < -0.3 is 20.5 Å². The van der Waals surface area contributed by atoms with E-state index in [1.807, 2.05) is 42.6 Å². The summed E-state index contributed by atoms with van der Waals surface area (Å²) in [5, 5.41) is 6.94. The largest absolute Gasteiger partial charge is 0.376 e. The second kappa shape index (κ2) is 9.25. The Morgan fingerprint density at radius 3 is 2.51 bits per heavy atom. The molecule has 1 aromatic heterocycles. The number of benzene rings is 2. The molecule has 6 nitrogen and oxygen atoms in total. The maximum Gasteiger partial charge on any atom is 0.251 e. The molecular formula is C29H32N4O2. The van der Waals surface area contributed by atoms with E-state index >= 15 is 0 Å². The van der Waals surface area contributed by atoms with E-state index < -0.39 is 0 Å². The van der Waals surface area contributed by atoms with E-state index in [4.69, 9.17) is 0 Å². The predicted octanol–water partition coefficient (Wildman–Crippen LogP) is 5.06. The van der Waals surface area contributed by atoms with Crippen molar-refractivity contribution in [2.75, 3.05) is 11.9 Å². The lowest BCUT2D eigenvalue weighted by molar-refractivity contribution is -0.138. The molecule has 3 N–H and O–H groups in total. The number of nitrogens with one attached hydrogen (secondary N) is 3. The zero-order valence-corrected chi connectivity index (χ0v) is 19.8. The van der Waals surface area contributed by atoms with E-state index in [0.29, 0.717) is 11.5 Å². The smallest absolute Gasteiger partial charge is 0.251 e. The zero-order valence-electron chi connectivity index (χ0n) is 19.8. The molecule has 0 bridgehead atoms. The fourth-order valence-corrected chi connectivity index (χ4v) is 6.47. The number of hydrogen-bond acceptors (Lipinski definition) is 3. The summed E-state index contributed by atoms with van der Waals surface area (Å²) in [6, 6.07) is 21.9. The van der Waals surface area contributed by atoms with Crippen molar-refractivity contribution >= 4 is 17.5 Å². The van der Waals surface area contributed by atoms with Gasteiger partial charge in [0.05, 0.1) is 18.0 Å². The van der Waals surface area contributed by atoms with Crippen LogP contribution < -0.4 is 10.6 Å². The van der Waals surface area contributed by atoms with Gasteiger partial charge in [0.2, 0.25) is 5.91 Å². The fraction of sp³-hybridized carbons (Fsp3) is 0.379. The quantitative estimate of drug-likeness (QED) is 0.501. The van der Waals surface area contributed by atoms with Gasteiger partial charge in [-0.05, 0) is 55.2 Å². The van der Waals surface area contributed by atoms with E-state index in [-0.39, 0.29) is 35.9 Å². The highest BCUT2D eigenvalue weighted by Gasteiger charge is 2.48. The molecule has 3 aromatic rings. The summed E-state index contributed by atoms with van der Waals surface area (Å²) >= 11 is 0. The SMILES string of the molecule is O=C(N[C@@H]1CCCC[C@@H]1C(=O)N1CC[C@H]2[C@H](c3ccc[nH]3)Nc3ccccc3[C@@H]21)c1ccccc1. The number of nitrogens with zero attached hydrogens (tertiary/aromatic N) is 1. The van der Waals surface area contributed by atoms with Gasteiger partial charge in [-0.15, -0.1) is 0 Å². The van der Waals surface area contributed by atoms with Crippen LogP contribution in [0.15, 0.2) is 72.9 Å². The van der Waals surface area contributed by atoms with Gasteiger partial charge in [-0.2, -0.15) is 0 Å².